The summed E-state index contributed by atoms with van der Waals surface area (Å²) in [6.07, 6.45) is 1.09. The second-order valence-electron chi connectivity index (χ2n) is 6.77. The number of benzene rings is 2. The van der Waals surface area contributed by atoms with Gasteiger partial charge in [0.15, 0.2) is 0 Å². The summed E-state index contributed by atoms with van der Waals surface area (Å²) in [6.45, 7) is 3.07. The number of rotatable bonds is 3. The standard InChI is InChI=1S/C19H18O7/c1-19(2,25)7-11-14(22)6-15(23)16-17(24)12(8-26-18(11)16)10-4-3-9(20)5-13(10)21/h3-6,8,20-23,25H,7H2,1-2H3. The molecule has 0 radical (unpaired) electrons. The van der Waals surface area contributed by atoms with Gasteiger partial charge in [-0.3, -0.25) is 4.79 Å². The molecule has 0 fully saturated rings. The molecule has 0 spiro atoms. The number of phenols is 4. The highest BCUT2D eigenvalue weighted by atomic mass is 16.3. The molecule has 2 aromatic carbocycles. The molecule has 1 aromatic heterocycles. The van der Waals surface area contributed by atoms with Crippen molar-refractivity contribution in [2.24, 2.45) is 0 Å². The van der Waals surface area contributed by atoms with Gasteiger partial charge in [0.2, 0.25) is 5.43 Å². The lowest BCUT2D eigenvalue weighted by Crippen LogP contribution is -2.22. The van der Waals surface area contributed by atoms with Gasteiger partial charge in [0.1, 0.15) is 40.2 Å². The van der Waals surface area contributed by atoms with Crippen molar-refractivity contribution in [1.29, 1.82) is 0 Å². The topological polar surface area (TPSA) is 131 Å². The first-order valence-corrected chi connectivity index (χ1v) is 7.82. The van der Waals surface area contributed by atoms with Crippen LogP contribution in [0.2, 0.25) is 0 Å². The van der Waals surface area contributed by atoms with E-state index < -0.39 is 16.8 Å². The van der Waals surface area contributed by atoms with Gasteiger partial charge in [0.25, 0.3) is 0 Å². The van der Waals surface area contributed by atoms with E-state index in [9.17, 15) is 30.3 Å². The van der Waals surface area contributed by atoms with Crippen molar-refractivity contribution in [3.8, 4) is 34.1 Å². The molecule has 7 nitrogen and oxygen atoms in total. The van der Waals surface area contributed by atoms with E-state index in [1.165, 1.54) is 26.0 Å². The molecule has 1 heterocycles. The lowest BCUT2D eigenvalue weighted by molar-refractivity contribution is 0.0803. The summed E-state index contributed by atoms with van der Waals surface area (Å²) >= 11 is 0. The van der Waals surface area contributed by atoms with Crippen LogP contribution in [0.5, 0.6) is 23.0 Å². The van der Waals surface area contributed by atoms with Crippen molar-refractivity contribution in [2.45, 2.75) is 25.9 Å². The van der Waals surface area contributed by atoms with Crippen LogP contribution in [0, 0.1) is 0 Å². The maximum Gasteiger partial charge on any atom is 0.204 e. The Morgan fingerprint density at radius 1 is 0.962 bits per heavy atom. The molecule has 7 heteroatoms. The zero-order chi connectivity index (χ0) is 19.2. The Hall–Kier alpha value is -3.19. The van der Waals surface area contributed by atoms with E-state index in [1.807, 2.05) is 0 Å². The Bertz CT molecular complexity index is 1060. The van der Waals surface area contributed by atoms with Gasteiger partial charge in [-0.15, -0.1) is 0 Å². The van der Waals surface area contributed by atoms with E-state index >= 15 is 0 Å². The summed E-state index contributed by atoms with van der Waals surface area (Å²) < 4.78 is 5.50. The summed E-state index contributed by atoms with van der Waals surface area (Å²) in [5.74, 6) is -1.28. The monoisotopic (exact) mass is 358 g/mol. The number of aliphatic hydroxyl groups is 1. The van der Waals surface area contributed by atoms with Crippen LogP contribution in [0.25, 0.3) is 22.1 Å². The van der Waals surface area contributed by atoms with Crippen molar-refractivity contribution in [1.82, 2.24) is 0 Å². The quantitative estimate of drug-likeness (QED) is 0.486. The molecule has 3 aromatic rings. The molecule has 136 valence electrons. The zero-order valence-electron chi connectivity index (χ0n) is 14.1. The highest BCUT2D eigenvalue weighted by Gasteiger charge is 2.24. The van der Waals surface area contributed by atoms with Gasteiger partial charge >= 0.3 is 0 Å². The molecule has 0 aliphatic heterocycles. The molecule has 0 aliphatic rings. The summed E-state index contributed by atoms with van der Waals surface area (Å²) in [5, 5.41) is 49.5. The minimum Gasteiger partial charge on any atom is -0.508 e. The number of phenolic OH excluding ortho intramolecular Hbond substituents is 4. The third kappa shape index (κ3) is 3.04. The van der Waals surface area contributed by atoms with Crippen molar-refractivity contribution >= 4 is 11.0 Å². The van der Waals surface area contributed by atoms with Crippen LogP contribution in [0.15, 0.2) is 39.7 Å². The second kappa shape index (κ2) is 5.96. The first kappa shape index (κ1) is 17.6. The lowest BCUT2D eigenvalue weighted by Gasteiger charge is -2.19. The fraction of sp³-hybridized carbons (Fsp3) is 0.211. The molecule has 0 amide bonds. The average molecular weight is 358 g/mol. The van der Waals surface area contributed by atoms with Crippen LogP contribution >= 0.6 is 0 Å². The van der Waals surface area contributed by atoms with Gasteiger partial charge in [-0.25, -0.2) is 0 Å². The average Bonchev–Trinajstić information content (AvgIpc) is 2.51. The summed E-state index contributed by atoms with van der Waals surface area (Å²) in [6, 6.07) is 4.74. The van der Waals surface area contributed by atoms with Crippen molar-refractivity contribution in [3.63, 3.8) is 0 Å². The minimum atomic E-state index is -1.19. The third-order valence-corrected chi connectivity index (χ3v) is 3.99. The molecule has 3 rings (SSSR count). The SMILES string of the molecule is CC(C)(O)Cc1c(O)cc(O)c2c(=O)c(-c3ccc(O)cc3O)coc12. The van der Waals surface area contributed by atoms with Crippen molar-refractivity contribution < 1.29 is 29.9 Å². The lowest BCUT2D eigenvalue weighted by atomic mass is 9.95. The normalized spacial score (nSPS) is 11.8. The number of hydrogen-bond acceptors (Lipinski definition) is 7. The number of fused-ring (bicyclic) bond motifs is 1. The van der Waals surface area contributed by atoms with Gasteiger partial charge < -0.3 is 29.9 Å². The first-order valence-electron chi connectivity index (χ1n) is 7.82. The molecule has 0 saturated heterocycles. The molecular weight excluding hydrogens is 340 g/mol. The molecular formula is C19H18O7. The first-order chi connectivity index (χ1) is 12.1. The van der Waals surface area contributed by atoms with E-state index in [2.05, 4.69) is 0 Å². The fourth-order valence-corrected chi connectivity index (χ4v) is 2.86. The maximum atomic E-state index is 12.9. The molecule has 0 bridgehead atoms. The minimum absolute atomic E-state index is 0.0115. The van der Waals surface area contributed by atoms with Gasteiger partial charge in [-0.2, -0.15) is 0 Å². The van der Waals surface area contributed by atoms with E-state index in [1.54, 1.807) is 0 Å². The molecule has 5 N–H and O–H groups in total. The smallest absolute Gasteiger partial charge is 0.204 e. The van der Waals surface area contributed by atoms with E-state index in [0.717, 1.165) is 18.4 Å². The van der Waals surface area contributed by atoms with Gasteiger partial charge in [0.05, 0.1) is 11.2 Å². The Kier molecular flexibility index (Phi) is 4.04. The van der Waals surface area contributed by atoms with Crippen LogP contribution in [0.3, 0.4) is 0 Å². The van der Waals surface area contributed by atoms with E-state index in [0.29, 0.717) is 0 Å². The van der Waals surface area contributed by atoms with E-state index in [4.69, 9.17) is 4.42 Å². The zero-order valence-corrected chi connectivity index (χ0v) is 14.1. The third-order valence-electron chi connectivity index (χ3n) is 3.99. The largest absolute Gasteiger partial charge is 0.508 e. The Labute approximate surface area is 148 Å². The predicted molar refractivity (Wildman–Crippen MR) is 94.6 cm³/mol. The van der Waals surface area contributed by atoms with Crippen LogP contribution < -0.4 is 5.43 Å². The summed E-state index contributed by atoms with van der Waals surface area (Å²) in [5.41, 5.74) is -1.57. The van der Waals surface area contributed by atoms with Crippen molar-refractivity contribution in [2.75, 3.05) is 0 Å². The fourth-order valence-electron chi connectivity index (χ4n) is 2.86. The van der Waals surface area contributed by atoms with Gasteiger partial charge in [0, 0.05) is 29.7 Å². The van der Waals surface area contributed by atoms with E-state index in [-0.39, 0.29) is 51.3 Å². The molecule has 0 unspecified atom stereocenters. The summed E-state index contributed by atoms with van der Waals surface area (Å²) in [7, 11) is 0. The predicted octanol–water partition coefficient (Wildman–Crippen LogP) is 2.60. The van der Waals surface area contributed by atoms with Crippen LogP contribution in [0.1, 0.15) is 19.4 Å². The number of aromatic hydroxyl groups is 4. The highest BCUT2D eigenvalue weighted by Crippen LogP contribution is 2.37. The highest BCUT2D eigenvalue weighted by molar-refractivity contribution is 5.91. The Morgan fingerprint density at radius 2 is 1.65 bits per heavy atom. The van der Waals surface area contributed by atoms with Crippen LogP contribution in [-0.2, 0) is 6.42 Å². The molecule has 0 saturated carbocycles. The van der Waals surface area contributed by atoms with Gasteiger partial charge in [-0.05, 0) is 26.0 Å². The Morgan fingerprint density at radius 3 is 2.27 bits per heavy atom. The Balaban J connectivity index is 2.32. The summed E-state index contributed by atoms with van der Waals surface area (Å²) in [4.78, 5) is 12.9. The maximum absolute atomic E-state index is 12.9. The molecule has 0 atom stereocenters. The van der Waals surface area contributed by atoms with Crippen LogP contribution in [0.4, 0.5) is 0 Å². The molecule has 0 aliphatic carbocycles. The van der Waals surface area contributed by atoms with Crippen molar-refractivity contribution in [3.05, 3.63) is 46.3 Å². The second-order valence-corrected chi connectivity index (χ2v) is 6.77. The number of hydrogen-bond donors (Lipinski definition) is 5. The van der Waals surface area contributed by atoms with Gasteiger partial charge in [-0.1, -0.05) is 0 Å². The van der Waals surface area contributed by atoms with Crippen LogP contribution in [-0.4, -0.2) is 31.1 Å². The molecule has 26 heavy (non-hydrogen) atoms.